The van der Waals surface area contributed by atoms with Gasteiger partial charge in [-0.2, -0.15) is 0 Å². The van der Waals surface area contributed by atoms with E-state index < -0.39 is 0 Å². The summed E-state index contributed by atoms with van der Waals surface area (Å²) < 4.78 is 0. The van der Waals surface area contributed by atoms with E-state index in [0.29, 0.717) is 0 Å². The fraction of sp³-hybridized carbons (Fsp3) is 0.182. The average molecular weight is 241 g/mol. The molecule has 0 atom stereocenters. The van der Waals surface area contributed by atoms with Crippen LogP contribution in [0.3, 0.4) is 0 Å². The molecule has 15 heavy (non-hydrogen) atoms. The number of halogens is 1. The SMILES string of the molecule is CN(Cc1cccnc1)c1cccs1.Cl. The number of rotatable bonds is 3. The molecule has 0 aliphatic carbocycles. The van der Waals surface area contributed by atoms with Crippen LogP contribution in [-0.2, 0) is 6.54 Å². The normalized spacial score (nSPS) is 9.40. The number of anilines is 1. The Balaban J connectivity index is 0.00000112. The third-order valence-electron chi connectivity index (χ3n) is 2.02. The zero-order chi connectivity index (χ0) is 9.80. The lowest BCUT2D eigenvalue weighted by atomic mass is 10.3. The molecule has 0 radical (unpaired) electrons. The lowest BCUT2D eigenvalue weighted by molar-refractivity contribution is 0.926. The van der Waals surface area contributed by atoms with Crippen molar-refractivity contribution in [2.24, 2.45) is 0 Å². The number of pyridine rings is 1. The molecular formula is C11H13ClN2S. The summed E-state index contributed by atoms with van der Waals surface area (Å²) in [5.41, 5.74) is 1.24. The van der Waals surface area contributed by atoms with Gasteiger partial charge in [0.15, 0.2) is 0 Å². The van der Waals surface area contributed by atoms with Crippen LogP contribution in [-0.4, -0.2) is 12.0 Å². The second-order valence-corrected chi connectivity index (χ2v) is 4.09. The molecule has 2 aromatic heterocycles. The second kappa shape index (κ2) is 5.73. The van der Waals surface area contributed by atoms with Crippen molar-refractivity contribution in [3.05, 3.63) is 47.6 Å². The molecule has 0 saturated heterocycles. The van der Waals surface area contributed by atoms with E-state index >= 15 is 0 Å². The van der Waals surface area contributed by atoms with E-state index in [4.69, 9.17) is 0 Å². The predicted molar refractivity (Wildman–Crippen MR) is 67.9 cm³/mol. The highest BCUT2D eigenvalue weighted by molar-refractivity contribution is 7.14. The van der Waals surface area contributed by atoms with Crippen LogP contribution < -0.4 is 4.90 Å². The van der Waals surface area contributed by atoms with Crippen LogP contribution in [0.2, 0.25) is 0 Å². The highest BCUT2D eigenvalue weighted by atomic mass is 35.5. The van der Waals surface area contributed by atoms with Gasteiger partial charge in [0.05, 0.1) is 5.00 Å². The predicted octanol–water partition coefficient (Wildman–Crippen LogP) is 3.20. The molecule has 4 heteroatoms. The molecule has 0 bridgehead atoms. The third-order valence-corrected chi connectivity index (χ3v) is 3.01. The fourth-order valence-corrected chi connectivity index (χ4v) is 2.03. The summed E-state index contributed by atoms with van der Waals surface area (Å²) >= 11 is 1.76. The van der Waals surface area contributed by atoms with E-state index in [1.165, 1.54) is 10.6 Å². The van der Waals surface area contributed by atoms with E-state index in [-0.39, 0.29) is 12.4 Å². The molecule has 0 amide bonds. The van der Waals surface area contributed by atoms with Gasteiger partial charge in [-0.05, 0) is 29.1 Å². The first-order valence-electron chi connectivity index (χ1n) is 4.50. The zero-order valence-corrected chi connectivity index (χ0v) is 10.1. The fourth-order valence-electron chi connectivity index (χ4n) is 1.33. The van der Waals surface area contributed by atoms with Gasteiger partial charge in [-0.3, -0.25) is 4.98 Å². The van der Waals surface area contributed by atoms with Gasteiger partial charge in [-0.15, -0.1) is 23.7 Å². The molecule has 2 heterocycles. The summed E-state index contributed by atoms with van der Waals surface area (Å²) in [6, 6.07) is 8.26. The van der Waals surface area contributed by atoms with Crippen LogP contribution >= 0.6 is 23.7 Å². The largest absolute Gasteiger partial charge is 0.362 e. The Bertz CT molecular complexity index is 375. The van der Waals surface area contributed by atoms with Gasteiger partial charge in [0.2, 0.25) is 0 Å². The summed E-state index contributed by atoms with van der Waals surface area (Å²) in [6.45, 7) is 0.911. The third kappa shape index (κ3) is 3.22. The Hall–Kier alpha value is -1.06. The van der Waals surface area contributed by atoms with Gasteiger partial charge in [-0.1, -0.05) is 6.07 Å². The molecule has 2 rings (SSSR count). The number of hydrogen-bond acceptors (Lipinski definition) is 3. The maximum absolute atomic E-state index is 4.10. The number of aromatic nitrogens is 1. The Morgan fingerprint density at radius 2 is 2.20 bits per heavy atom. The van der Waals surface area contributed by atoms with E-state index in [1.807, 2.05) is 12.3 Å². The molecule has 2 nitrogen and oxygen atoms in total. The first-order chi connectivity index (χ1) is 6.86. The van der Waals surface area contributed by atoms with Gasteiger partial charge in [0.1, 0.15) is 0 Å². The van der Waals surface area contributed by atoms with Gasteiger partial charge in [0.25, 0.3) is 0 Å². The lowest BCUT2D eigenvalue weighted by Crippen LogP contribution is -2.14. The molecule has 0 unspecified atom stereocenters. The van der Waals surface area contributed by atoms with Gasteiger partial charge in [0, 0.05) is 26.0 Å². The van der Waals surface area contributed by atoms with Crippen LogP contribution in [0.15, 0.2) is 42.0 Å². The summed E-state index contributed by atoms with van der Waals surface area (Å²) in [7, 11) is 2.10. The van der Waals surface area contributed by atoms with Crippen molar-refractivity contribution in [1.82, 2.24) is 4.98 Å². The minimum Gasteiger partial charge on any atom is -0.362 e. The van der Waals surface area contributed by atoms with Crippen molar-refractivity contribution in [3.63, 3.8) is 0 Å². The van der Waals surface area contributed by atoms with Crippen molar-refractivity contribution in [2.45, 2.75) is 6.54 Å². The minimum absolute atomic E-state index is 0. The van der Waals surface area contributed by atoms with Crippen LogP contribution in [0.1, 0.15) is 5.56 Å². The second-order valence-electron chi connectivity index (χ2n) is 3.17. The average Bonchev–Trinajstić information content (AvgIpc) is 2.72. The molecule has 0 saturated carbocycles. The monoisotopic (exact) mass is 240 g/mol. The molecule has 2 aromatic rings. The Morgan fingerprint density at radius 3 is 2.80 bits per heavy atom. The number of hydrogen-bond donors (Lipinski definition) is 0. The van der Waals surface area contributed by atoms with E-state index in [1.54, 1.807) is 17.5 Å². The van der Waals surface area contributed by atoms with Crippen molar-refractivity contribution >= 4 is 28.7 Å². The van der Waals surface area contributed by atoms with Crippen molar-refractivity contribution in [3.8, 4) is 0 Å². The van der Waals surface area contributed by atoms with E-state index in [9.17, 15) is 0 Å². The summed E-state index contributed by atoms with van der Waals surface area (Å²) in [5, 5.41) is 3.38. The van der Waals surface area contributed by atoms with Crippen LogP contribution in [0.4, 0.5) is 5.00 Å². The maximum atomic E-state index is 4.10. The van der Waals surface area contributed by atoms with E-state index in [2.05, 4.69) is 40.5 Å². The number of thiophene rings is 1. The van der Waals surface area contributed by atoms with Gasteiger partial charge >= 0.3 is 0 Å². The molecular weight excluding hydrogens is 228 g/mol. The lowest BCUT2D eigenvalue weighted by Gasteiger charge is -2.16. The van der Waals surface area contributed by atoms with Crippen molar-refractivity contribution in [2.75, 3.05) is 11.9 Å². The Labute approximate surface area is 100.0 Å². The van der Waals surface area contributed by atoms with Crippen molar-refractivity contribution in [1.29, 1.82) is 0 Å². The highest BCUT2D eigenvalue weighted by Crippen LogP contribution is 2.21. The first-order valence-corrected chi connectivity index (χ1v) is 5.38. The molecule has 0 aliphatic heterocycles. The molecule has 0 N–H and O–H groups in total. The maximum Gasteiger partial charge on any atom is 0.0908 e. The number of nitrogens with zero attached hydrogens (tertiary/aromatic N) is 2. The van der Waals surface area contributed by atoms with Crippen LogP contribution in [0, 0.1) is 0 Å². The molecule has 0 aromatic carbocycles. The van der Waals surface area contributed by atoms with E-state index in [0.717, 1.165) is 6.54 Å². The Morgan fingerprint density at radius 1 is 1.33 bits per heavy atom. The molecule has 0 fully saturated rings. The van der Waals surface area contributed by atoms with Gasteiger partial charge in [-0.25, -0.2) is 0 Å². The van der Waals surface area contributed by atoms with Crippen LogP contribution in [0.25, 0.3) is 0 Å². The quantitative estimate of drug-likeness (QED) is 0.819. The van der Waals surface area contributed by atoms with Crippen LogP contribution in [0.5, 0.6) is 0 Å². The zero-order valence-electron chi connectivity index (χ0n) is 8.46. The minimum atomic E-state index is 0. The summed E-state index contributed by atoms with van der Waals surface area (Å²) in [6.07, 6.45) is 3.71. The standard InChI is InChI=1S/C11H12N2S.ClH/c1-13(11-5-3-7-14-11)9-10-4-2-6-12-8-10;/h2-8H,9H2,1H3;1H. The van der Waals surface area contributed by atoms with Crippen molar-refractivity contribution < 1.29 is 0 Å². The molecule has 0 aliphatic rings. The topological polar surface area (TPSA) is 16.1 Å². The first kappa shape index (κ1) is 12.0. The van der Waals surface area contributed by atoms with Gasteiger partial charge < -0.3 is 4.90 Å². The smallest absolute Gasteiger partial charge is 0.0908 e. The summed E-state index contributed by atoms with van der Waals surface area (Å²) in [5.74, 6) is 0. The molecule has 0 spiro atoms. The summed E-state index contributed by atoms with van der Waals surface area (Å²) in [4.78, 5) is 6.32. The Kier molecular flexibility index (Phi) is 4.59. The highest BCUT2D eigenvalue weighted by Gasteiger charge is 2.01. The molecule has 80 valence electrons.